The molecule has 3 aromatic rings. The van der Waals surface area contributed by atoms with Gasteiger partial charge in [0.2, 0.25) is 0 Å². The molecular formula is C23H19F3N2O5. The zero-order valence-corrected chi connectivity index (χ0v) is 17.4. The van der Waals surface area contributed by atoms with Crippen LogP contribution in [0.5, 0.6) is 17.2 Å². The van der Waals surface area contributed by atoms with E-state index in [1.54, 1.807) is 24.4 Å². The minimum Gasteiger partial charge on any atom is -0.495 e. The molecule has 1 aliphatic rings. The predicted octanol–water partition coefficient (Wildman–Crippen LogP) is 4.82. The van der Waals surface area contributed by atoms with Crippen molar-refractivity contribution in [2.75, 3.05) is 7.11 Å². The van der Waals surface area contributed by atoms with Crippen LogP contribution >= 0.6 is 0 Å². The third kappa shape index (κ3) is 5.51. The number of carbonyl (C=O) groups is 1. The molecule has 0 unspecified atom stereocenters. The van der Waals surface area contributed by atoms with Gasteiger partial charge in [0.15, 0.2) is 0 Å². The van der Waals surface area contributed by atoms with Crippen LogP contribution in [0, 0.1) is 5.92 Å². The lowest BCUT2D eigenvalue weighted by Crippen LogP contribution is -2.17. The summed E-state index contributed by atoms with van der Waals surface area (Å²) in [7, 11) is 1.51. The largest absolute Gasteiger partial charge is 0.573 e. The highest BCUT2D eigenvalue weighted by Crippen LogP contribution is 2.50. The molecule has 0 spiro atoms. The normalized spacial score (nSPS) is 17.3. The molecule has 1 fully saturated rings. The molecule has 2 aromatic heterocycles. The maximum atomic E-state index is 12.3. The van der Waals surface area contributed by atoms with Gasteiger partial charge in [0.1, 0.15) is 23.9 Å². The lowest BCUT2D eigenvalue weighted by atomic mass is 10.1. The molecule has 1 aliphatic carbocycles. The van der Waals surface area contributed by atoms with Crippen molar-refractivity contribution in [2.24, 2.45) is 5.92 Å². The molecule has 0 saturated heterocycles. The first kappa shape index (κ1) is 22.4. The highest BCUT2D eigenvalue weighted by atomic mass is 19.4. The molecule has 1 saturated carbocycles. The van der Waals surface area contributed by atoms with Gasteiger partial charge in [-0.1, -0.05) is 12.1 Å². The second-order valence-electron chi connectivity index (χ2n) is 7.46. The first-order valence-electron chi connectivity index (χ1n) is 9.94. The molecule has 10 heteroatoms. The number of hydrogen-bond acceptors (Lipinski definition) is 6. The third-order valence-electron chi connectivity index (χ3n) is 5.14. The molecule has 0 amide bonds. The second-order valence-corrected chi connectivity index (χ2v) is 7.46. The number of ether oxygens (including phenoxy) is 3. The molecule has 1 aromatic carbocycles. The molecule has 1 N–H and O–H groups in total. The van der Waals surface area contributed by atoms with Crippen LogP contribution in [0.3, 0.4) is 0 Å². The Morgan fingerprint density at radius 2 is 1.88 bits per heavy atom. The summed E-state index contributed by atoms with van der Waals surface area (Å²) < 4.78 is 51.7. The molecule has 0 aliphatic heterocycles. The van der Waals surface area contributed by atoms with Gasteiger partial charge < -0.3 is 19.3 Å². The first-order valence-corrected chi connectivity index (χ1v) is 9.94. The lowest BCUT2D eigenvalue weighted by molar-refractivity contribution is -0.274. The fourth-order valence-electron chi connectivity index (χ4n) is 3.42. The number of hydrogen-bond donors (Lipinski definition) is 1. The zero-order chi connectivity index (χ0) is 23.6. The topological polar surface area (TPSA) is 90.8 Å². The third-order valence-corrected chi connectivity index (χ3v) is 5.14. The Bertz CT molecular complexity index is 1150. The quantitative estimate of drug-likeness (QED) is 0.516. The summed E-state index contributed by atoms with van der Waals surface area (Å²) >= 11 is 0. The molecule has 4 rings (SSSR count). The maximum Gasteiger partial charge on any atom is 0.573 e. The van der Waals surface area contributed by atoms with Gasteiger partial charge in [0.25, 0.3) is 0 Å². The number of methoxy groups -OCH3 is 1. The smallest absolute Gasteiger partial charge is 0.495 e. The number of aliphatic carboxylic acids is 1. The van der Waals surface area contributed by atoms with Crippen molar-refractivity contribution < 1.29 is 37.3 Å². The maximum absolute atomic E-state index is 12.3. The molecule has 33 heavy (non-hydrogen) atoms. The van der Waals surface area contributed by atoms with Crippen LogP contribution in [0.25, 0.3) is 11.3 Å². The predicted molar refractivity (Wildman–Crippen MR) is 110 cm³/mol. The summed E-state index contributed by atoms with van der Waals surface area (Å²) in [5.74, 6) is -0.860. The van der Waals surface area contributed by atoms with E-state index in [9.17, 15) is 23.1 Å². The number of carboxylic acid groups (broad SMARTS) is 1. The lowest BCUT2D eigenvalue weighted by Gasteiger charge is -2.11. The van der Waals surface area contributed by atoms with Gasteiger partial charge >= 0.3 is 12.3 Å². The fraction of sp³-hybridized carbons (Fsp3) is 0.261. The van der Waals surface area contributed by atoms with E-state index in [1.165, 1.54) is 37.6 Å². The summed E-state index contributed by atoms with van der Waals surface area (Å²) in [6.07, 6.45) is -1.11. The summed E-state index contributed by atoms with van der Waals surface area (Å²) in [6.45, 7) is 0.112. The Balaban J connectivity index is 1.46. The molecular weight excluding hydrogens is 441 g/mol. The number of nitrogens with zero attached hydrogens (tertiary/aromatic N) is 2. The van der Waals surface area contributed by atoms with Crippen molar-refractivity contribution in [3.05, 3.63) is 66.1 Å². The van der Waals surface area contributed by atoms with Crippen molar-refractivity contribution in [3.63, 3.8) is 0 Å². The second kappa shape index (κ2) is 8.97. The van der Waals surface area contributed by atoms with Gasteiger partial charge in [-0.25, -0.2) is 4.98 Å². The van der Waals surface area contributed by atoms with Crippen molar-refractivity contribution in [2.45, 2.75) is 25.3 Å². The summed E-state index contributed by atoms with van der Waals surface area (Å²) in [4.78, 5) is 20.0. The van der Waals surface area contributed by atoms with Gasteiger partial charge in [0, 0.05) is 17.7 Å². The summed E-state index contributed by atoms with van der Waals surface area (Å²) in [5, 5.41) is 9.24. The van der Waals surface area contributed by atoms with Crippen LogP contribution in [0.4, 0.5) is 13.2 Å². The Labute approximate surface area is 186 Å². The van der Waals surface area contributed by atoms with Crippen molar-refractivity contribution in [1.82, 2.24) is 9.97 Å². The molecule has 2 atom stereocenters. The molecule has 2 heterocycles. The number of rotatable bonds is 8. The Hall–Kier alpha value is -3.82. The van der Waals surface area contributed by atoms with Gasteiger partial charge in [0.05, 0.1) is 30.6 Å². The Morgan fingerprint density at radius 1 is 1.12 bits per heavy atom. The molecule has 172 valence electrons. The molecule has 0 bridgehead atoms. The van der Waals surface area contributed by atoms with E-state index in [0.717, 1.165) is 0 Å². The average Bonchev–Trinajstić information content (AvgIpc) is 3.59. The van der Waals surface area contributed by atoms with Gasteiger partial charge in [-0.15, -0.1) is 13.2 Å². The van der Waals surface area contributed by atoms with Crippen LogP contribution in [0.15, 0.2) is 54.9 Å². The van der Waals surface area contributed by atoms with E-state index in [4.69, 9.17) is 9.47 Å². The molecule has 0 radical (unpaired) electrons. The van der Waals surface area contributed by atoms with Gasteiger partial charge in [-0.2, -0.15) is 0 Å². The van der Waals surface area contributed by atoms with E-state index in [2.05, 4.69) is 14.7 Å². The Kier molecular flexibility index (Phi) is 6.08. The van der Waals surface area contributed by atoms with E-state index in [1.807, 2.05) is 0 Å². The number of benzene rings is 1. The number of aromatic nitrogens is 2. The minimum atomic E-state index is -4.74. The van der Waals surface area contributed by atoms with Crippen LogP contribution in [-0.4, -0.2) is 34.5 Å². The standard InChI is InChI=1S/C23H19F3N2O5/c1-31-20-7-6-19(28-21(20)17-9-18(17)22(29)30)14-8-16(11-27-10-14)32-12-13-2-4-15(5-3-13)33-23(24,25)26/h2-8,10-11,17-18H,9,12H2,1H3,(H,29,30)/t17-,18-/m1/s1. The van der Waals surface area contributed by atoms with E-state index < -0.39 is 18.2 Å². The number of carboxylic acids is 1. The number of halogens is 3. The van der Waals surface area contributed by atoms with Gasteiger partial charge in [-0.05, 0) is 42.3 Å². The number of pyridine rings is 2. The zero-order valence-electron chi connectivity index (χ0n) is 17.4. The Morgan fingerprint density at radius 3 is 2.52 bits per heavy atom. The fourth-order valence-corrected chi connectivity index (χ4v) is 3.42. The SMILES string of the molecule is COc1ccc(-c2cncc(OCc3ccc(OC(F)(F)F)cc3)c2)nc1[C@@H]1C[C@H]1C(=O)O. The van der Waals surface area contributed by atoms with Crippen LogP contribution in [0.2, 0.25) is 0 Å². The number of alkyl halides is 3. The first-order chi connectivity index (χ1) is 15.7. The van der Waals surface area contributed by atoms with Crippen molar-refractivity contribution in [3.8, 4) is 28.5 Å². The summed E-state index contributed by atoms with van der Waals surface area (Å²) in [6, 6.07) is 10.6. The molecule has 7 nitrogen and oxygen atoms in total. The van der Waals surface area contributed by atoms with E-state index in [-0.39, 0.29) is 18.3 Å². The van der Waals surface area contributed by atoms with Crippen LogP contribution in [0.1, 0.15) is 23.6 Å². The monoisotopic (exact) mass is 460 g/mol. The van der Waals surface area contributed by atoms with E-state index in [0.29, 0.717) is 40.4 Å². The minimum absolute atomic E-state index is 0.112. The highest BCUT2D eigenvalue weighted by Gasteiger charge is 2.46. The van der Waals surface area contributed by atoms with Crippen LogP contribution in [-0.2, 0) is 11.4 Å². The van der Waals surface area contributed by atoms with Gasteiger partial charge in [-0.3, -0.25) is 9.78 Å². The highest BCUT2D eigenvalue weighted by molar-refractivity contribution is 5.75. The summed E-state index contributed by atoms with van der Waals surface area (Å²) in [5.41, 5.74) is 2.49. The van der Waals surface area contributed by atoms with Crippen LogP contribution < -0.4 is 14.2 Å². The average molecular weight is 460 g/mol. The van der Waals surface area contributed by atoms with Crippen molar-refractivity contribution >= 4 is 5.97 Å². The van der Waals surface area contributed by atoms with E-state index >= 15 is 0 Å². The van der Waals surface area contributed by atoms with Crippen molar-refractivity contribution in [1.29, 1.82) is 0 Å².